The van der Waals surface area contributed by atoms with Gasteiger partial charge in [-0.3, -0.25) is 4.79 Å². The lowest BCUT2D eigenvalue weighted by atomic mass is 9.64. The Morgan fingerprint density at radius 3 is 2.12 bits per heavy atom. The highest BCUT2D eigenvalue weighted by molar-refractivity contribution is 5.82. The summed E-state index contributed by atoms with van der Waals surface area (Å²) in [6, 6.07) is 8.09. The van der Waals surface area contributed by atoms with Crippen molar-refractivity contribution in [1.29, 1.82) is 0 Å². The smallest absolute Gasteiger partial charge is 0.314 e. The normalized spacial score (nSPS) is 18.2. The second kappa shape index (κ2) is 3.93. The standard InChI is InChI=1S/C14H18O2/c1-10(2)11-4-6-12(7-5-11)14(13(15)16)8-3-9-14/h4-7,10H,3,8-9H2,1-2H3,(H,15,16). The van der Waals surface area contributed by atoms with Gasteiger partial charge in [0.15, 0.2) is 0 Å². The molecule has 2 nitrogen and oxygen atoms in total. The summed E-state index contributed by atoms with van der Waals surface area (Å²) < 4.78 is 0. The summed E-state index contributed by atoms with van der Waals surface area (Å²) in [5.74, 6) is -0.174. The Hall–Kier alpha value is -1.31. The molecule has 0 aliphatic heterocycles. The molecule has 2 heteroatoms. The average molecular weight is 218 g/mol. The van der Waals surface area contributed by atoms with Crippen molar-refractivity contribution in [2.75, 3.05) is 0 Å². The number of rotatable bonds is 3. The van der Waals surface area contributed by atoms with E-state index in [0.29, 0.717) is 5.92 Å². The highest BCUT2D eigenvalue weighted by atomic mass is 16.4. The molecule has 2 rings (SSSR count). The van der Waals surface area contributed by atoms with Gasteiger partial charge in [0.05, 0.1) is 5.41 Å². The quantitative estimate of drug-likeness (QED) is 0.845. The van der Waals surface area contributed by atoms with Crippen molar-refractivity contribution in [2.24, 2.45) is 0 Å². The maximum atomic E-state index is 11.3. The molecular weight excluding hydrogens is 200 g/mol. The summed E-state index contributed by atoms with van der Waals surface area (Å²) in [6.07, 6.45) is 2.59. The van der Waals surface area contributed by atoms with E-state index in [1.54, 1.807) is 0 Å². The first-order chi connectivity index (χ1) is 7.56. The zero-order chi connectivity index (χ0) is 11.8. The fraction of sp³-hybridized carbons (Fsp3) is 0.500. The van der Waals surface area contributed by atoms with Crippen LogP contribution in [-0.2, 0) is 10.2 Å². The molecule has 0 saturated heterocycles. The van der Waals surface area contributed by atoms with Gasteiger partial charge < -0.3 is 5.11 Å². The third-order valence-electron chi connectivity index (χ3n) is 3.75. The van der Waals surface area contributed by atoms with Crippen LogP contribution >= 0.6 is 0 Å². The zero-order valence-electron chi connectivity index (χ0n) is 9.86. The monoisotopic (exact) mass is 218 g/mol. The molecule has 0 atom stereocenters. The third-order valence-corrected chi connectivity index (χ3v) is 3.75. The minimum Gasteiger partial charge on any atom is -0.481 e. The lowest BCUT2D eigenvalue weighted by Gasteiger charge is -2.38. The summed E-state index contributed by atoms with van der Waals surface area (Å²) in [7, 11) is 0. The molecule has 0 bridgehead atoms. The van der Waals surface area contributed by atoms with E-state index < -0.39 is 11.4 Å². The van der Waals surface area contributed by atoms with E-state index in [0.717, 1.165) is 24.8 Å². The molecule has 1 fully saturated rings. The minimum atomic E-state index is -0.670. The van der Waals surface area contributed by atoms with Crippen LogP contribution in [0.1, 0.15) is 50.2 Å². The average Bonchev–Trinajstić information content (AvgIpc) is 2.16. The highest BCUT2D eigenvalue weighted by Crippen LogP contribution is 2.44. The number of aliphatic carboxylic acids is 1. The second-order valence-electron chi connectivity index (χ2n) is 5.02. The van der Waals surface area contributed by atoms with Gasteiger partial charge in [-0.05, 0) is 29.9 Å². The van der Waals surface area contributed by atoms with Crippen molar-refractivity contribution >= 4 is 5.97 Å². The van der Waals surface area contributed by atoms with E-state index in [1.165, 1.54) is 5.56 Å². The molecule has 0 heterocycles. The number of hydrogen-bond donors (Lipinski definition) is 1. The van der Waals surface area contributed by atoms with Crippen molar-refractivity contribution < 1.29 is 9.90 Å². The first kappa shape index (κ1) is 11.2. The van der Waals surface area contributed by atoms with Crippen molar-refractivity contribution in [2.45, 2.75) is 44.4 Å². The molecule has 86 valence electrons. The van der Waals surface area contributed by atoms with Crippen LogP contribution in [0.5, 0.6) is 0 Å². The van der Waals surface area contributed by atoms with Crippen LogP contribution in [0, 0.1) is 0 Å². The minimum absolute atomic E-state index is 0.496. The summed E-state index contributed by atoms with van der Waals surface area (Å²) in [6.45, 7) is 4.29. The summed E-state index contributed by atoms with van der Waals surface area (Å²) >= 11 is 0. The molecule has 1 saturated carbocycles. The van der Waals surface area contributed by atoms with E-state index >= 15 is 0 Å². The maximum absolute atomic E-state index is 11.3. The molecule has 1 aromatic carbocycles. The number of benzene rings is 1. The zero-order valence-corrected chi connectivity index (χ0v) is 9.86. The van der Waals surface area contributed by atoms with E-state index in [-0.39, 0.29) is 0 Å². The van der Waals surface area contributed by atoms with Gasteiger partial charge in [0, 0.05) is 0 Å². The number of carboxylic acids is 1. The van der Waals surface area contributed by atoms with E-state index in [2.05, 4.69) is 26.0 Å². The number of hydrogen-bond acceptors (Lipinski definition) is 1. The Bertz CT molecular complexity index is 386. The van der Waals surface area contributed by atoms with Gasteiger partial charge in [-0.2, -0.15) is 0 Å². The fourth-order valence-corrected chi connectivity index (χ4v) is 2.34. The molecule has 0 unspecified atom stereocenters. The van der Waals surface area contributed by atoms with E-state index in [9.17, 15) is 9.90 Å². The van der Waals surface area contributed by atoms with Crippen molar-refractivity contribution in [3.05, 3.63) is 35.4 Å². The van der Waals surface area contributed by atoms with Crippen LogP contribution in [0.4, 0.5) is 0 Å². The molecule has 1 aromatic rings. The van der Waals surface area contributed by atoms with Crippen LogP contribution < -0.4 is 0 Å². The summed E-state index contributed by atoms with van der Waals surface area (Å²) in [4.78, 5) is 11.3. The number of carboxylic acid groups (broad SMARTS) is 1. The van der Waals surface area contributed by atoms with E-state index in [4.69, 9.17) is 0 Å². The van der Waals surface area contributed by atoms with Gasteiger partial charge in [0.25, 0.3) is 0 Å². The maximum Gasteiger partial charge on any atom is 0.314 e. The molecule has 1 aliphatic carbocycles. The second-order valence-corrected chi connectivity index (χ2v) is 5.02. The molecule has 16 heavy (non-hydrogen) atoms. The molecular formula is C14H18O2. The van der Waals surface area contributed by atoms with Gasteiger partial charge in [-0.1, -0.05) is 44.5 Å². The Balaban J connectivity index is 2.30. The molecule has 1 N–H and O–H groups in total. The van der Waals surface area contributed by atoms with Crippen LogP contribution in [-0.4, -0.2) is 11.1 Å². The van der Waals surface area contributed by atoms with Gasteiger partial charge >= 0.3 is 5.97 Å². The lowest BCUT2D eigenvalue weighted by Crippen LogP contribution is -2.42. The van der Waals surface area contributed by atoms with Crippen LogP contribution in [0.25, 0.3) is 0 Å². The van der Waals surface area contributed by atoms with Crippen molar-refractivity contribution in [3.8, 4) is 0 Å². The predicted octanol–water partition coefficient (Wildman–Crippen LogP) is 3.32. The lowest BCUT2D eigenvalue weighted by molar-refractivity contribution is -0.147. The Morgan fingerprint density at radius 2 is 1.81 bits per heavy atom. The topological polar surface area (TPSA) is 37.3 Å². The SMILES string of the molecule is CC(C)c1ccc(C2(C(=O)O)CCC2)cc1. The largest absolute Gasteiger partial charge is 0.481 e. The Morgan fingerprint density at radius 1 is 1.25 bits per heavy atom. The predicted molar refractivity (Wildman–Crippen MR) is 63.7 cm³/mol. The molecule has 0 aromatic heterocycles. The molecule has 0 amide bonds. The highest BCUT2D eigenvalue weighted by Gasteiger charge is 2.45. The molecule has 0 spiro atoms. The molecule has 1 aliphatic rings. The van der Waals surface area contributed by atoms with Gasteiger partial charge in [0.1, 0.15) is 0 Å². The Labute approximate surface area is 96.3 Å². The third kappa shape index (κ3) is 1.62. The van der Waals surface area contributed by atoms with Gasteiger partial charge in [-0.25, -0.2) is 0 Å². The van der Waals surface area contributed by atoms with Crippen LogP contribution in [0.15, 0.2) is 24.3 Å². The first-order valence-electron chi connectivity index (χ1n) is 5.90. The van der Waals surface area contributed by atoms with Crippen LogP contribution in [0.2, 0.25) is 0 Å². The van der Waals surface area contributed by atoms with Crippen molar-refractivity contribution in [3.63, 3.8) is 0 Å². The first-order valence-corrected chi connectivity index (χ1v) is 5.90. The Kier molecular flexibility index (Phi) is 2.75. The van der Waals surface area contributed by atoms with Gasteiger partial charge in [0.2, 0.25) is 0 Å². The number of carbonyl (C=O) groups is 1. The van der Waals surface area contributed by atoms with E-state index in [1.807, 2.05) is 12.1 Å². The summed E-state index contributed by atoms with van der Waals surface area (Å²) in [5, 5.41) is 9.32. The van der Waals surface area contributed by atoms with Crippen molar-refractivity contribution in [1.82, 2.24) is 0 Å². The van der Waals surface area contributed by atoms with Crippen LogP contribution in [0.3, 0.4) is 0 Å². The fourth-order valence-electron chi connectivity index (χ4n) is 2.34. The van der Waals surface area contributed by atoms with Gasteiger partial charge in [-0.15, -0.1) is 0 Å². The summed E-state index contributed by atoms with van der Waals surface area (Å²) in [5.41, 5.74) is 1.65. The molecule has 0 radical (unpaired) electrons.